The van der Waals surface area contributed by atoms with Crippen LogP contribution in [0, 0.1) is 5.41 Å². The quantitative estimate of drug-likeness (QED) is 0.765. The van der Waals surface area contributed by atoms with Gasteiger partial charge >= 0.3 is 0 Å². The molecule has 0 radical (unpaired) electrons. The lowest BCUT2D eigenvalue weighted by Crippen LogP contribution is -2.30. The van der Waals surface area contributed by atoms with Gasteiger partial charge in [0.2, 0.25) is 0 Å². The second kappa shape index (κ2) is 5.16. The van der Waals surface area contributed by atoms with Gasteiger partial charge in [-0.2, -0.15) is 0 Å². The highest BCUT2D eigenvalue weighted by Gasteiger charge is 2.41. The number of aromatic hydroxyl groups is 1. The van der Waals surface area contributed by atoms with Gasteiger partial charge in [-0.25, -0.2) is 0 Å². The summed E-state index contributed by atoms with van der Waals surface area (Å²) in [6, 6.07) is 4.37. The van der Waals surface area contributed by atoms with Crippen molar-refractivity contribution in [3.05, 3.63) is 28.8 Å². The highest BCUT2D eigenvalue weighted by atomic mass is 35.5. The number of phenolic OH excluding ortho intramolecular Hbond substituents is 1. The van der Waals surface area contributed by atoms with E-state index in [1.54, 1.807) is 0 Å². The van der Waals surface area contributed by atoms with Gasteiger partial charge < -0.3 is 15.5 Å². The first-order chi connectivity index (χ1) is 8.56. The van der Waals surface area contributed by atoms with Gasteiger partial charge in [-0.1, -0.05) is 11.6 Å². The van der Waals surface area contributed by atoms with Crippen LogP contribution in [-0.4, -0.2) is 29.3 Å². The number of phenols is 1. The van der Waals surface area contributed by atoms with Gasteiger partial charge in [0.15, 0.2) is 0 Å². The average Bonchev–Trinajstić information content (AvgIpc) is 3.11. The molecule has 18 heavy (non-hydrogen) atoms. The van der Waals surface area contributed by atoms with E-state index < -0.39 is 0 Å². The zero-order valence-electron chi connectivity index (χ0n) is 9.95. The van der Waals surface area contributed by atoms with Crippen molar-refractivity contribution in [2.75, 3.05) is 13.2 Å². The van der Waals surface area contributed by atoms with Crippen molar-refractivity contribution < 1.29 is 15.0 Å². The lowest BCUT2D eigenvalue weighted by atomic mass is 10.0. The SMILES string of the molecule is O=C(NCC1(CCO)CC1)c1ccc(O)c(Cl)c1. The van der Waals surface area contributed by atoms with E-state index in [1.807, 2.05) is 0 Å². The highest BCUT2D eigenvalue weighted by molar-refractivity contribution is 6.32. The molecule has 0 atom stereocenters. The van der Waals surface area contributed by atoms with E-state index >= 15 is 0 Å². The minimum atomic E-state index is -0.207. The lowest BCUT2D eigenvalue weighted by molar-refractivity contribution is 0.0941. The third-order valence-corrected chi connectivity index (χ3v) is 3.74. The zero-order chi connectivity index (χ0) is 13.2. The first-order valence-corrected chi connectivity index (χ1v) is 6.32. The second-order valence-corrected chi connectivity index (χ2v) is 5.23. The fraction of sp³-hybridized carbons (Fsp3) is 0.462. The molecule has 1 amide bonds. The number of hydrogen-bond acceptors (Lipinski definition) is 3. The predicted octanol–water partition coefficient (Wildman–Crippen LogP) is 1.94. The topological polar surface area (TPSA) is 69.6 Å². The molecule has 1 fully saturated rings. The maximum absolute atomic E-state index is 11.9. The molecule has 0 heterocycles. The Labute approximate surface area is 111 Å². The molecule has 0 aliphatic heterocycles. The molecule has 0 aromatic heterocycles. The van der Waals surface area contributed by atoms with Crippen molar-refractivity contribution >= 4 is 17.5 Å². The summed E-state index contributed by atoms with van der Waals surface area (Å²) in [5, 5.41) is 21.2. The Morgan fingerprint density at radius 3 is 2.72 bits per heavy atom. The molecule has 0 saturated heterocycles. The summed E-state index contributed by atoms with van der Waals surface area (Å²) in [6.07, 6.45) is 2.82. The van der Waals surface area contributed by atoms with Crippen LogP contribution in [-0.2, 0) is 0 Å². The number of halogens is 1. The second-order valence-electron chi connectivity index (χ2n) is 4.82. The van der Waals surface area contributed by atoms with Gasteiger partial charge in [0.05, 0.1) is 5.02 Å². The number of aliphatic hydroxyl groups excluding tert-OH is 1. The van der Waals surface area contributed by atoms with Crippen LogP contribution in [0.5, 0.6) is 5.75 Å². The highest BCUT2D eigenvalue weighted by Crippen LogP contribution is 2.47. The van der Waals surface area contributed by atoms with Gasteiger partial charge in [-0.15, -0.1) is 0 Å². The van der Waals surface area contributed by atoms with Crippen LogP contribution in [0.1, 0.15) is 29.6 Å². The third kappa shape index (κ3) is 2.94. The van der Waals surface area contributed by atoms with Crippen LogP contribution < -0.4 is 5.32 Å². The van der Waals surface area contributed by atoms with Crippen LogP contribution in [0.25, 0.3) is 0 Å². The largest absolute Gasteiger partial charge is 0.506 e. The van der Waals surface area contributed by atoms with Gasteiger partial charge in [-0.3, -0.25) is 4.79 Å². The lowest BCUT2D eigenvalue weighted by Gasteiger charge is -2.14. The zero-order valence-corrected chi connectivity index (χ0v) is 10.7. The van der Waals surface area contributed by atoms with E-state index in [-0.39, 0.29) is 28.7 Å². The van der Waals surface area contributed by atoms with Crippen molar-refractivity contribution in [2.45, 2.75) is 19.3 Å². The van der Waals surface area contributed by atoms with Crippen LogP contribution in [0.15, 0.2) is 18.2 Å². The predicted molar refractivity (Wildman–Crippen MR) is 68.8 cm³/mol. The third-order valence-electron chi connectivity index (χ3n) is 3.43. The molecule has 0 unspecified atom stereocenters. The Balaban J connectivity index is 1.93. The first-order valence-electron chi connectivity index (χ1n) is 5.94. The van der Waals surface area contributed by atoms with Crippen LogP contribution >= 0.6 is 11.6 Å². The molecule has 1 aliphatic carbocycles. The van der Waals surface area contributed by atoms with Crippen LogP contribution in [0.4, 0.5) is 0 Å². The Morgan fingerprint density at radius 1 is 1.44 bits per heavy atom. The molecule has 2 rings (SSSR count). The Kier molecular flexibility index (Phi) is 3.78. The molecule has 5 heteroatoms. The molecular weight excluding hydrogens is 254 g/mol. The smallest absolute Gasteiger partial charge is 0.251 e. The van der Waals surface area contributed by atoms with E-state index in [9.17, 15) is 9.90 Å². The van der Waals surface area contributed by atoms with Gasteiger partial charge in [-0.05, 0) is 42.9 Å². The van der Waals surface area contributed by atoms with Gasteiger partial charge in [0, 0.05) is 18.7 Å². The van der Waals surface area contributed by atoms with Crippen molar-refractivity contribution in [2.24, 2.45) is 5.41 Å². The van der Waals surface area contributed by atoms with Crippen molar-refractivity contribution in [1.29, 1.82) is 0 Å². The number of benzene rings is 1. The summed E-state index contributed by atoms with van der Waals surface area (Å²) in [7, 11) is 0. The first kappa shape index (κ1) is 13.2. The monoisotopic (exact) mass is 269 g/mol. The Hall–Kier alpha value is -1.26. The number of rotatable bonds is 5. The number of carbonyl (C=O) groups excluding carboxylic acids is 1. The maximum atomic E-state index is 11.9. The Bertz CT molecular complexity index is 458. The molecule has 1 saturated carbocycles. The summed E-state index contributed by atoms with van der Waals surface area (Å²) < 4.78 is 0. The summed E-state index contributed by atoms with van der Waals surface area (Å²) in [5.41, 5.74) is 0.517. The normalized spacial score (nSPS) is 16.3. The number of carbonyl (C=O) groups is 1. The molecule has 0 spiro atoms. The fourth-order valence-electron chi connectivity index (χ4n) is 1.95. The number of aliphatic hydroxyl groups is 1. The van der Waals surface area contributed by atoms with Crippen LogP contribution in [0.3, 0.4) is 0 Å². The summed E-state index contributed by atoms with van der Waals surface area (Å²) >= 11 is 5.75. The maximum Gasteiger partial charge on any atom is 0.251 e. The number of hydrogen-bond donors (Lipinski definition) is 3. The van der Waals surface area contributed by atoms with Crippen LogP contribution in [0.2, 0.25) is 5.02 Å². The Morgan fingerprint density at radius 2 is 2.17 bits per heavy atom. The summed E-state index contributed by atoms with van der Waals surface area (Å²) in [6.45, 7) is 0.728. The minimum absolute atomic E-state index is 0.0350. The molecule has 98 valence electrons. The van der Waals surface area contributed by atoms with E-state index in [0.29, 0.717) is 12.1 Å². The van der Waals surface area contributed by atoms with Crippen molar-refractivity contribution in [1.82, 2.24) is 5.32 Å². The molecule has 4 nitrogen and oxygen atoms in total. The molecule has 1 aromatic carbocycles. The molecule has 3 N–H and O–H groups in total. The van der Waals surface area contributed by atoms with Crippen molar-refractivity contribution in [3.63, 3.8) is 0 Å². The van der Waals surface area contributed by atoms with E-state index in [4.69, 9.17) is 16.7 Å². The molecular formula is C13H16ClNO3. The minimum Gasteiger partial charge on any atom is -0.506 e. The summed E-state index contributed by atoms with van der Waals surface area (Å²) in [5.74, 6) is -0.242. The number of amides is 1. The van der Waals surface area contributed by atoms with E-state index in [0.717, 1.165) is 19.3 Å². The summed E-state index contributed by atoms with van der Waals surface area (Å²) in [4.78, 5) is 11.9. The van der Waals surface area contributed by atoms with E-state index in [2.05, 4.69) is 5.32 Å². The fourth-order valence-corrected chi connectivity index (χ4v) is 2.13. The average molecular weight is 270 g/mol. The molecule has 1 aromatic rings. The standard InChI is InChI=1S/C13H16ClNO3/c14-10-7-9(1-2-11(10)17)12(18)15-8-13(3-4-13)5-6-16/h1-2,7,16-17H,3-6,8H2,(H,15,18). The van der Waals surface area contributed by atoms with Gasteiger partial charge in [0.25, 0.3) is 5.91 Å². The van der Waals surface area contributed by atoms with E-state index in [1.165, 1.54) is 18.2 Å². The number of nitrogens with one attached hydrogen (secondary N) is 1. The van der Waals surface area contributed by atoms with Gasteiger partial charge in [0.1, 0.15) is 5.75 Å². The van der Waals surface area contributed by atoms with Crippen molar-refractivity contribution in [3.8, 4) is 5.75 Å². The molecule has 0 bridgehead atoms. The molecule has 1 aliphatic rings.